The number of carboxylic acid groups (broad SMARTS) is 1. The van der Waals surface area contributed by atoms with E-state index in [-0.39, 0.29) is 5.57 Å². The van der Waals surface area contributed by atoms with Gasteiger partial charge in [-0.25, -0.2) is 4.79 Å². The van der Waals surface area contributed by atoms with Gasteiger partial charge in [-0.1, -0.05) is 18.2 Å². The molecule has 0 fully saturated rings. The van der Waals surface area contributed by atoms with E-state index in [0.717, 1.165) is 11.6 Å². The number of rotatable bonds is 3. The Morgan fingerprint density at radius 2 is 1.94 bits per heavy atom. The van der Waals surface area contributed by atoms with E-state index in [0.29, 0.717) is 5.69 Å². The average molecular weight is 219 g/mol. The molecule has 0 bridgehead atoms. The molecule has 1 aromatic carbocycles. The lowest BCUT2D eigenvalue weighted by Gasteiger charge is -2.07. The summed E-state index contributed by atoms with van der Waals surface area (Å²) >= 11 is 0. The minimum atomic E-state index is -1.13. The molecule has 0 heterocycles. The fourth-order valence-corrected chi connectivity index (χ4v) is 1.18. The molecule has 1 amide bonds. The summed E-state index contributed by atoms with van der Waals surface area (Å²) in [7, 11) is 0. The van der Waals surface area contributed by atoms with Gasteiger partial charge in [-0.3, -0.25) is 4.79 Å². The first-order valence-electron chi connectivity index (χ1n) is 4.79. The Kier molecular flexibility index (Phi) is 3.83. The molecule has 0 saturated heterocycles. The van der Waals surface area contributed by atoms with Crippen molar-refractivity contribution < 1.29 is 14.7 Å². The van der Waals surface area contributed by atoms with Crippen LogP contribution in [0.1, 0.15) is 12.5 Å². The SMILES string of the molecule is C/C(=C/C(=O)O)C(=O)Nc1ccccc1C. The molecule has 1 rings (SSSR count). The lowest BCUT2D eigenvalue weighted by Crippen LogP contribution is -2.14. The summed E-state index contributed by atoms with van der Waals surface area (Å²) in [5.74, 6) is -1.53. The molecule has 4 nitrogen and oxygen atoms in total. The molecule has 16 heavy (non-hydrogen) atoms. The Labute approximate surface area is 93.6 Å². The van der Waals surface area contributed by atoms with Crippen LogP contribution in [0.5, 0.6) is 0 Å². The van der Waals surface area contributed by atoms with Crippen LogP contribution in [0, 0.1) is 6.92 Å². The molecule has 0 unspecified atom stereocenters. The van der Waals surface area contributed by atoms with Crippen LogP contribution in [0.2, 0.25) is 0 Å². The maximum absolute atomic E-state index is 11.6. The van der Waals surface area contributed by atoms with Gasteiger partial charge in [-0.15, -0.1) is 0 Å². The Hall–Kier alpha value is -2.10. The third-order valence-corrected chi connectivity index (χ3v) is 2.09. The molecule has 0 saturated carbocycles. The van der Waals surface area contributed by atoms with E-state index in [4.69, 9.17) is 5.11 Å². The third kappa shape index (κ3) is 3.24. The van der Waals surface area contributed by atoms with Gasteiger partial charge in [-0.05, 0) is 25.5 Å². The van der Waals surface area contributed by atoms with Crippen molar-refractivity contribution in [1.29, 1.82) is 0 Å². The van der Waals surface area contributed by atoms with Crippen LogP contribution < -0.4 is 5.32 Å². The second kappa shape index (κ2) is 5.11. The third-order valence-electron chi connectivity index (χ3n) is 2.09. The van der Waals surface area contributed by atoms with Gasteiger partial charge < -0.3 is 10.4 Å². The molecule has 0 atom stereocenters. The van der Waals surface area contributed by atoms with E-state index in [1.165, 1.54) is 6.92 Å². The topological polar surface area (TPSA) is 66.4 Å². The number of hydrogen-bond acceptors (Lipinski definition) is 2. The van der Waals surface area contributed by atoms with Crippen molar-refractivity contribution >= 4 is 17.6 Å². The minimum absolute atomic E-state index is 0.163. The molecule has 0 aliphatic heterocycles. The van der Waals surface area contributed by atoms with Crippen LogP contribution in [0.25, 0.3) is 0 Å². The zero-order valence-electron chi connectivity index (χ0n) is 9.15. The van der Waals surface area contributed by atoms with Crippen molar-refractivity contribution in [1.82, 2.24) is 0 Å². The molecule has 2 N–H and O–H groups in total. The number of aliphatic carboxylic acids is 1. The molecule has 0 aromatic heterocycles. The predicted molar refractivity (Wildman–Crippen MR) is 61.2 cm³/mol. The Balaban J connectivity index is 2.80. The molecule has 0 aliphatic carbocycles. The Bertz CT molecular complexity index is 449. The van der Waals surface area contributed by atoms with E-state index in [1.807, 2.05) is 19.1 Å². The van der Waals surface area contributed by atoms with E-state index in [1.54, 1.807) is 12.1 Å². The fraction of sp³-hybridized carbons (Fsp3) is 0.167. The van der Waals surface area contributed by atoms with E-state index in [9.17, 15) is 9.59 Å². The average Bonchev–Trinajstić information content (AvgIpc) is 2.20. The summed E-state index contributed by atoms with van der Waals surface area (Å²) in [5.41, 5.74) is 1.78. The molecule has 0 spiro atoms. The number of amides is 1. The molecule has 0 aliphatic rings. The number of carbonyl (C=O) groups is 2. The van der Waals surface area contributed by atoms with E-state index in [2.05, 4.69) is 5.32 Å². The highest BCUT2D eigenvalue weighted by molar-refractivity contribution is 6.06. The Morgan fingerprint density at radius 1 is 1.31 bits per heavy atom. The first-order chi connectivity index (χ1) is 7.50. The maximum Gasteiger partial charge on any atom is 0.328 e. The van der Waals surface area contributed by atoms with Crippen molar-refractivity contribution in [3.05, 3.63) is 41.5 Å². The molecule has 84 valence electrons. The van der Waals surface area contributed by atoms with Crippen LogP contribution in [-0.2, 0) is 9.59 Å². The van der Waals surface area contributed by atoms with Crippen LogP contribution in [0.4, 0.5) is 5.69 Å². The maximum atomic E-state index is 11.6. The second-order valence-corrected chi connectivity index (χ2v) is 3.43. The second-order valence-electron chi connectivity index (χ2n) is 3.43. The molecule has 1 aromatic rings. The van der Waals surface area contributed by atoms with Crippen LogP contribution >= 0.6 is 0 Å². The van der Waals surface area contributed by atoms with Crippen molar-refractivity contribution in [3.8, 4) is 0 Å². The summed E-state index contributed by atoms with van der Waals surface area (Å²) in [4.78, 5) is 21.9. The number of carboxylic acids is 1. The van der Waals surface area contributed by atoms with Gasteiger partial charge in [0.1, 0.15) is 0 Å². The first-order valence-corrected chi connectivity index (χ1v) is 4.79. The zero-order valence-corrected chi connectivity index (χ0v) is 9.15. The number of para-hydroxylation sites is 1. The number of hydrogen-bond donors (Lipinski definition) is 2. The van der Waals surface area contributed by atoms with Crippen molar-refractivity contribution in [3.63, 3.8) is 0 Å². The standard InChI is InChI=1S/C12H13NO3/c1-8-5-3-4-6-10(8)13-12(16)9(2)7-11(14)15/h3-7H,1-2H3,(H,13,16)(H,14,15)/b9-7-. The highest BCUT2D eigenvalue weighted by Gasteiger charge is 2.07. The summed E-state index contributed by atoms with van der Waals surface area (Å²) < 4.78 is 0. The van der Waals surface area contributed by atoms with Crippen molar-refractivity contribution in [2.75, 3.05) is 5.32 Å². The molecular formula is C12H13NO3. The van der Waals surface area contributed by atoms with Gasteiger partial charge in [0, 0.05) is 17.3 Å². The summed E-state index contributed by atoms with van der Waals surface area (Å²) in [6.45, 7) is 3.33. The first kappa shape index (κ1) is 12.0. The minimum Gasteiger partial charge on any atom is -0.478 e. The summed E-state index contributed by atoms with van der Waals surface area (Å²) in [6, 6.07) is 7.30. The number of nitrogens with one attached hydrogen (secondary N) is 1. The normalized spacial score (nSPS) is 11.0. The molecular weight excluding hydrogens is 206 g/mol. The highest BCUT2D eigenvalue weighted by atomic mass is 16.4. The predicted octanol–water partition coefficient (Wildman–Crippen LogP) is 1.96. The van der Waals surface area contributed by atoms with Crippen LogP contribution in [-0.4, -0.2) is 17.0 Å². The number of anilines is 1. The van der Waals surface area contributed by atoms with Gasteiger partial charge in [0.15, 0.2) is 0 Å². The van der Waals surface area contributed by atoms with Crippen LogP contribution in [0.15, 0.2) is 35.9 Å². The smallest absolute Gasteiger partial charge is 0.328 e. The number of aryl methyl sites for hydroxylation is 1. The van der Waals surface area contributed by atoms with E-state index >= 15 is 0 Å². The van der Waals surface area contributed by atoms with Crippen LogP contribution in [0.3, 0.4) is 0 Å². The lowest BCUT2D eigenvalue weighted by molar-refractivity contribution is -0.131. The van der Waals surface area contributed by atoms with Crippen molar-refractivity contribution in [2.24, 2.45) is 0 Å². The largest absolute Gasteiger partial charge is 0.478 e. The molecule has 0 radical (unpaired) electrons. The van der Waals surface area contributed by atoms with Crippen molar-refractivity contribution in [2.45, 2.75) is 13.8 Å². The lowest BCUT2D eigenvalue weighted by atomic mass is 10.2. The molecule has 4 heteroatoms. The van der Waals surface area contributed by atoms with Gasteiger partial charge >= 0.3 is 5.97 Å². The van der Waals surface area contributed by atoms with Gasteiger partial charge in [0.05, 0.1) is 0 Å². The Morgan fingerprint density at radius 3 is 2.50 bits per heavy atom. The quantitative estimate of drug-likeness (QED) is 0.764. The van der Waals surface area contributed by atoms with Gasteiger partial charge in [0.2, 0.25) is 0 Å². The van der Waals surface area contributed by atoms with E-state index < -0.39 is 11.9 Å². The van der Waals surface area contributed by atoms with Gasteiger partial charge in [-0.2, -0.15) is 0 Å². The monoisotopic (exact) mass is 219 g/mol. The number of benzene rings is 1. The number of carbonyl (C=O) groups excluding carboxylic acids is 1. The summed E-state index contributed by atoms with van der Waals surface area (Å²) in [6.07, 6.45) is 0.883. The fourth-order valence-electron chi connectivity index (χ4n) is 1.18. The zero-order chi connectivity index (χ0) is 12.1. The van der Waals surface area contributed by atoms with Gasteiger partial charge in [0.25, 0.3) is 5.91 Å². The summed E-state index contributed by atoms with van der Waals surface area (Å²) in [5, 5.41) is 11.1. The highest BCUT2D eigenvalue weighted by Crippen LogP contribution is 2.13.